The molecule has 0 radical (unpaired) electrons. The molecule has 90 valence electrons. The third kappa shape index (κ3) is 5.14. The highest BCUT2D eigenvalue weighted by atomic mass is 16.2. The molecule has 0 aliphatic rings. The largest absolute Gasteiger partial charge is 0.353 e. The summed E-state index contributed by atoms with van der Waals surface area (Å²) in [5, 5.41) is 2.85. The highest BCUT2D eigenvalue weighted by Crippen LogP contribution is 2.03. The number of hydrogen-bond acceptors (Lipinski definition) is 3. The van der Waals surface area contributed by atoms with E-state index >= 15 is 0 Å². The van der Waals surface area contributed by atoms with Crippen LogP contribution in [0.2, 0.25) is 0 Å². The highest BCUT2D eigenvalue weighted by molar-refractivity contribution is 5.85. The molecule has 0 fully saturated rings. The fourth-order valence-electron chi connectivity index (χ4n) is 0.966. The lowest BCUT2D eigenvalue weighted by molar-refractivity contribution is -0.125. The Morgan fingerprint density at radius 1 is 1.53 bits per heavy atom. The van der Waals surface area contributed by atoms with Crippen LogP contribution >= 0.6 is 0 Å². The van der Waals surface area contributed by atoms with Gasteiger partial charge >= 0.3 is 0 Å². The second-order valence-electron chi connectivity index (χ2n) is 4.60. The Hall–Kier alpha value is -0.610. The molecule has 0 aromatic rings. The second-order valence-corrected chi connectivity index (χ2v) is 4.60. The number of likely N-dealkylation sites (N-methyl/N-ethyl adjacent to an activating group) is 1. The molecule has 1 unspecified atom stereocenters. The standard InChI is InChI=1S/C11H25N3O/c1-6-11(4,12)10(15)13-7-8-14(5)9(2)3/h9H,6-8,12H2,1-5H3,(H,13,15). The summed E-state index contributed by atoms with van der Waals surface area (Å²) in [4.78, 5) is 13.8. The first-order chi connectivity index (χ1) is 6.81. The number of amides is 1. The number of rotatable bonds is 6. The third-order valence-electron chi connectivity index (χ3n) is 2.88. The van der Waals surface area contributed by atoms with Gasteiger partial charge in [0.2, 0.25) is 5.91 Å². The van der Waals surface area contributed by atoms with Crippen LogP contribution in [0.1, 0.15) is 34.1 Å². The number of hydrogen-bond donors (Lipinski definition) is 2. The van der Waals surface area contributed by atoms with Crippen molar-refractivity contribution in [2.45, 2.75) is 45.7 Å². The van der Waals surface area contributed by atoms with Crippen LogP contribution in [0.3, 0.4) is 0 Å². The predicted octanol–water partition coefficient (Wildman–Crippen LogP) is 0.570. The molecule has 4 nitrogen and oxygen atoms in total. The van der Waals surface area contributed by atoms with Crippen LogP contribution in [0.4, 0.5) is 0 Å². The quantitative estimate of drug-likeness (QED) is 0.681. The maximum Gasteiger partial charge on any atom is 0.239 e. The van der Waals surface area contributed by atoms with Crippen LogP contribution in [0.25, 0.3) is 0 Å². The van der Waals surface area contributed by atoms with E-state index in [1.165, 1.54) is 0 Å². The molecule has 3 N–H and O–H groups in total. The lowest BCUT2D eigenvalue weighted by atomic mass is 10.00. The summed E-state index contributed by atoms with van der Waals surface area (Å²) in [6.45, 7) is 9.43. The van der Waals surface area contributed by atoms with Crippen molar-refractivity contribution in [3.05, 3.63) is 0 Å². The summed E-state index contributed by atoms with van der Waals surface area (Å²) < 4.78 is 0. The Morgan fingerprint density at radius 3 is 2.47 bits per heavy atom. The zero-order valence-electron chi connectivity index (χ0n) is 10.6. The Morgan fingerprint density at radius 2 is 2.07 bits per heavy atom. The smallest absolute Gasteiger partial charge is 0.239 e. The van der Waals surface area contributed by atoms with Gasteiger partial charge in [-0.1, -0.05) is 6.92 Å². The van der Waals surface area contributed by atoms with Gasteiger partial charge in [0.25, 0.3) is 0 Å². The predicted molar refractivity (Wildman–Crippen MR) is 63.7 cm³/mol. The van der Waals surface area contributed by atoms with Gasteiger partial charge in [-0.2, -0.15) is 0 Å². The Labute approximate surface area is 93.2 Å². The van der Waals surface area contributed by atoms with Gasteiger partial charge in [0.05, 0.1) is 5.54 Å². The lowest BCUT2D eigenvalue weighted by Gasteiger charge is -2.24. The SMILES string of the molecule is CCC(C)(N)C(=O)NCCN(C)C(C)C. The number of carbonyl (C=O) groups is 1. The molecule has 1 amide bonds. The zero-order chi connectivity index (χ0) is 12.1. The third-order valence-corrected chi connectivity index (χ3v) is 2.88. The van der Waals surface area contributed by atoms with Gasteiger partial charge in [-0.3, -0.25) is 4.79 Å². The van der Waals surface area contributed by atoms with Crippen LogP contribution in [0.5, 0.6) is 0 Å². The molecule has 0 aliphatic carbocycles. The van der Waals surface area contributed by atoms with E-state index in [1.54, 1.807) is 6.92 Å². The maximum absolute atomic E-state index is 11.6. The molecule has 0 rings (SSSR count). The topological polar surface area (TPSA) is 58.4 Å². The summed E-state index contributed by atoms with van der Waals surface area (Å²) >= 11 is 0. The van der Waals surface area contributed by atoms with E-state index in [-0.39, 0.29) is 5.91 Å². The molecule has 4 heteroatoms. The van der Waals surface area contributed by atoms with Crippen molar-refractivity contribution >= 4 is 5.91 Å². The molecule has 0 aromatic carbocycles. The van der Waals surface area contributed by atoms with E-state index < -0.39 is 5.54 Å². The van der Waals surface area contributed by atoms with Gasteiger partial charge in [-0.25, -0.2) is 0 Å². The zero-order valence-corrected chi connectivity index (χ0v) is 10.6. The van der Waals surface area contributed by atoms with Gasteiger partial charge in [-0.05, 0) is 34.2 Å². The van der Waals surface area contributed by atoms with E-state index in [0.29, 0.717) is 19.0 Å². The summed E-state index contributed by atoms with van der Waals surface area (Å²) in [5.74, 6) is -0.0674. The normalized spacial score (nSPS) is 15.5. The van der Waals surface area contributed by atoms with Crippen LogP contribution < -0.4 is 11.1 Å². The number of nitrogens with zero attached hydrogens (tertiary/aromatic N) is 1. The van der Waals surface area contributed by atoms with Crippen molar-refractivity contribution in [3.63, 3.8) is 0 Å². The highest BCUT2D eigenvalue weighted by Gasteiger charge is 2.25. The summed E-state index contributed by atoms with van der Waals surface area (Å²) in [5.41, 5.74) is 5.07. The van der Waals surface area contributed by atoms with Crippen LogP contribution in [-0.4, -0.2) is 42.5 Å². The fourth-order valence-corrected chi connectivity index (χ4v) is 0.966. The molecule has 0 aromatic heterocycles. The van der Waals surface area contributed by atoms with Crippen molar-refractivity contribution in [2.24, 2.45) is 5.73 Å². The molecule has 0 heterocycles. The van der Waals surface area contributed by atoms with Crippen LogP contribution in [-0.2, 0) is 4.79 Å². The summed E-state index contributed by atoms with van der Waals surface area (Å²) in [6.07, 6.45) is 0.652. The van der Waals surface area contributed by atoms with Crippen molar-refractivity contribution < 1.29 is 4.79 Å². The minimum absolute atomic E-state index is 0.0674. The molecular formula is C11H25N3O. The molecular weight excluding hydrogens is 190 g/mol. The first kappa shape index (κ1) is 14.4. The molecule has 0 spiro atoms. The first-order valence-corrected chi connectivity index (χ1v) is 5.58. The van der Waals surface area contributed by atoms with Gasteiger partial charge in [-0.15, -0.1) is 0 Å². The van der Waals surface area contributed by atoms with Gasteiger partial charge in [0, 0.05) is 19.1 Å². The average Bonchev–Trinajstić information content (AvgIpc) is 2.17. The number of nitrogens with one attached hydrogen (secondary N) is 1. The summed E-state index contributed by atoms with van der Waals surface area (Å²) in [6, 6.07) is 0.498. The molecule has 1 atom stereocenters. The number of carbonyl (C=O) groups excluding carboxylic acids is 1. The molecule has 0 aliphatic heterocycles. The number of nitrogens with two attached hydrogens (primary N) is 1. The molecule has 15 heavy (non-hydrogen) atoms. The van der Waals surface area contributed by atoms with Gasteiger partial charge < -0.3 is 16.0 Å². The molecule has 0 saturated carbocycles. The van der Waals surface area contributed by atoms with E-state index in [0.717, 1.165) is 6.54 Å². The first-order valence-electron chi connectivity index (χ1n) is 5.58. The van der Waals surface area contributed by atoms with Gasteiger partial charge in [0.15, 0.2) is 0 Å². The maximum atomic E-state index is 11.6. The van der Waals surface area contributed by atoms with Crippen LogP contribution in [0.15, 0.2) is 0 Å². The van der Waals surface area contributed by atoms with Crippen molar-refractivity contribution in [1.82, 2.24) is 10.2 Å². The average molecular weight is 215 g/mol. The van der Waals surface area contributed by atoms with E-state index in [1.807, 2.05) is 14.0 Å². The minimum atomic E-state index is -0.740. The fraction of sp³-hybridized carbons (Fsp3) is 0.909. The Kier molecular flexibility index (Phi) is 5.83. The van der Waals surface area contributed by atoms with Crippen LogP contribution in [0, 0.1) is 0 Å². The van der Waals surface area contributed by atoms with Crippen molar-refractivity contribution in [2.75, 3.05) is 20.1 Å². The van der Waals surface area contributed by atoms with Crippen molar-refractivity contribution in [1.29, 1.82) is 0 Å². The Bertz CT molecular complexity index is 202. The van der Waals surface area contributed by atoms with E-state index in [2.05, 4.69) is 24.1 Å². The minimum Gasteiger partial charge on any atom is -0.353 e. The van der Waals surface area contributed by atoms with Gasteiger partial charge in [0.1, 0.15) is 0 Å². The van der Waals surface area contributed by atoms with E-state index in [4.69, 9.17) is 5.73 Å². The van der Waals surface area contributed by atoms with Crippen molar-refractivity contribution in [3.8, 4) is 0 Å². The molecule has 0 bridgehead atoms. The monoisotopic (exact) mass is 215 g/mol. The lowest BCUT2D eigenvalue weighted by Crippen LogP contribution is -2.52. The Balaban J connectivity index is 3.83. The second kappa shape index (κ2) is 6.08. The van der Waals surface area contributed by atoms with E-state index in [9.17, 15) is 4.79 Å². The summed E-state index contributed by atoms with van der Waals surface area (Å²) in [7, 11) is 2.04. The molecule has 0 saturated heterocycles.